The first-order chi connectivity index (χ1) is 11.0. The van der Waals surface area contributed by atoms with Gasteiger partial charge >= 0.3 is 5.97 Å². The molecule has 1 aliphatic rings. The molecule has 0 amide bonds. The minimum Gasteiger partial charge on any atom is -0.478 e. The van der Waals surface area contributed by atoms with Gasteiger partial charge in [0.1, 0.15) is 0 Å². The molecule has 0 spiro atoms. The Labute approximate surface area is 130 Å². The van der Waals surface area contributed by atoms with E-state index >= 15 is 0 Å². The zero-order valence-corrected chi connectivity index (χ0v) is 11.8. The third-order valence-corrected chi connectivity index (χ3v) is 3.73. The van der Waals surface area contributed by atoms with Crippen LogP contribution < -0.4 is 5.32 Å². The number of anilines is 1. The molecule has 0 saturated carbocycles. The van der Waals surface area contributed by atoms with E-state index < -0.39 is 23.8 Å². The summed E-state index contributed by atoms with van der Waals surface area (Å²) in [4.78, 5) is 11.0. The molecule has 1 unspecified atom stereocenters. The summed E-state index contributed by atoms with van der Waals surface area (Å²) in [5.74, 6) is -3.40. The number of halogens is 3. The minimum absolute atomic E-state index is 0.129. The van der Waals surface area contributed by atoms with Gasteiger partial charge in [0.2, 0.25) is 0 Å². The van der Waals surface area contributed by atoms with Crippen LogP contribution in [0.3, 0.4) is 0 Å². The van der Waals surface area contributed by atoms with E-state index in [1.54, 1.807) is 6.07 Å². The van der Waals surface area contributed by atoms with Crippen LogP contribution in [0, 0.1) is 11.6 Å². The number of carboxylic acids is 1. The minimum atomic E-state index is -1.84. The summed E-state index contributed by atoms with van der Waals surface area (Å²) in [7, 11) is 0. The molecule has 1 aliphatic heterocycles. The Bertz CT molecular complexity index is 817. The molecule has 3 nitrogen and oxygen atoms in total. The molecular formula is C17H12F3NO2. The van der Waals surface area contributed by atoms with Gasteiger partial charge in [0.15, 0.2) is 17.8 Å². The van der Waals surface area contributed by atoms with Gasteiger partial charge in [-0.1, -0.05) is 24.3 Å². The molecule has 0 radical (unpaired) electrons. The fraction of sp³-hybridized carbons (Fsp3) is 0.118. The second-order valence-corrected chi connectivity index (χ2v) is 5.22. The highest BCUT2D eigenvalue weighted by molar-refractivity contribution is 5.89. The van der Waals surface area contributed by atoms with E-state index in [-0.39, 0.29) is 23.1 Å². The maximum atomic E-state index is 14.6. The molecule has 1 heterocycles. The lowest BCUT2D eigenvalue weighted by Gasteiger charge is -2.18. The van der Waals surface area contributed by atoms with Crippen molar-refractivity contribution in [1.82, 2.24) is 0 Å². The lowest BCUT2D eigenvalue weighted by molar-refractivity contribution is -0.132. The zero-order valence-electron chi connectivity index (χ0n) is 11.8. The summed E-state index contributed by atoms with van der Waals surface area (Å²) in [6.07, 6.45) is -0.330. The Morgan fingerprint density at radius 2 is 2.00 bits per heavy atom. The van der Waals surface area contributed by atoms with Crippen LogP contribution in [-0.4, -0.2) is 11.1 Å². The Morgan fingerprint density at radius 1 is 1.22 bits per heavy atom. The normalized spacial score (nSPS) is 14.5. The molecule has 2 aromatic rings. The number of carboxylic acid groups (broad SMARTS) is 1. The van der Waals surface area contributed by atoms with Crippen molar-refractivity contribution in [3.8, 4) is 0 Å². The van der Waals surface area contributed by atoms with Crippen LogP contribution in [0.15, 0.2) is 48.2 Å². The topological polar surface area (TPSA) is 49.3 Å². The summed E-state index contributed by atoms with van der Waals surface area (Å²) in [6, 6.07) is 7.86. The molecule has 3 rings (SSSR count). The molecule has 6 heteroatoms. The van der Waals surface area contributed by atoms with Crippen molar-refractivity contribution >= 4 is 11.7 Å². The second kappa shape index (κ2) is 5.79. The molecule has 0 aliphatic carbocycles. The van der Waals surface area contributed by atoms with Crippen molar-refractivity contribution in [3.05, 3.63) is 76.5 Å². The number of alkyl halides is 1. The van der Waals surface area contributed by atoms with Crippen LogP contribution in [-0.2, 0) is 11.2 Å². The van der Waals surface area contributed by atoms with Crippen LogP contribution in [0.5, 0.6) is 0 Å². The average molecular weight is 319 g/mol. The van der Waals surface area contributed by atoms with Crippen molar-refractivity contribution < 1.29 is 23.1 Å². The SMILES string of the molecule is O=C(O)C1=CNc2ccc(C(F)c3cccc(F)c3F)cc2C1. The maximum Gasteiger partial charge on any atom is 0.333 e. The van der Waals surface area contributed by atoms with Gasteiger partial charge in [0.05, 0.1) is 5.57 Å². The monoisotopic (exact) mass is 319 g/mol. The van der Waals surface area contributed by atoms with Crippen molar-refractivity contribution in [1.29, 1.82) is 0 Å². The van der Waals surface area contributed by atoms with Crippen LogP contribution in [0.1, 0.15) is 22.9 Å². The van der Waals surface area contributed by atoms with Gasteiger partial charge in [0.25, 0.3) is 0 Å². The molecule has 0 aromatic heterocycles. The number of hydrogen-bond acceptors (Lipinski definition) is 2. The fourth-order valence-corrected chi connectivity index (χ4v) is 2.51. The van der Waals surface area contributed by atoms with Gasteiger partial charge in [-0.3, -0.25) is 0 Å². The van der Waals surface area contributed by atoms with E-state index in [2.05, 4.69) is 5.32 Å². The highest BCUT2D eigenvalue weighted by Gasteiger charge is 2.22. The lowest BCUT2D eigenvalue weighted by Crippen LogP contribution is -2.13. The Morgan fingerprint density at radius 3 is 2.74 bits per heavy atom. The summed E-state index contributed by atoms with van der Waals surface area (Å²) < 4.78 is 41.6. The van der Waals surface area contributed by atoms with E-state index in [1.807, 2.05) is 0 Å². The van der Waals surface area contributed by atoms with E-state index in [0.29, 0.717) is 11.3 Å². The fourth-order valence-electron chi connectivity index (χ4n) is 2.51. The molecule has 2 N–H and O–H groups in total. The van der Waals surface area contributed by atoms with Crippen LogP contribution in [0.4, 0.5) is 18.9 Å². The summed E-state index contributed by atoms with van der Waals surface area (Å²) in [5, 5.41) is 11.8. The highest BCUT2D eigenvalue weighted by Crippen LogP contribution is 2.33. The van der Waals surface area contributed by atoms with E-state index in [1.165, 1.54) is 30.5 Å². The van der Waals surface area contributed by atoms with Crippen LogP contribution in [0.25, 0.3) is 0 Å². The van der Waals surface area contributed by atoms with Gasteiger partial charge in [0, 0.05) is 23.9 Å². The Balaban J connectivity index is 1.95. The van der Waals surface area contributed by atoms with Gasteiger partial charge in [-0.05, 0) is 23.3 Å². The summed E-state index contributed by atoms with van der Waals surface area (Å²) in [6.45, 7) is 0. The van der Waals surface area contributed by atoms with Gasteiger partial charge in [-0.15, -0.1) is 0 Å². The van der Waals surface area contributed by atoms with Crippen LogP contribution in [0.2, 0.25) is 0 Å². The second-order valence-electron chi connectivity index (χ2n) is 5.22. The largest absolute Gasteiger partial charge is 0.478 e. The smallest absolute Gasteiger partial charge is 0.333 e. The van der Waals surface area contributed by atoms with Gasteiger partial charge in [-0.2, -0.15) is 0 Å². The van der Waals surface area contributed by atoms with Crippen molar-refractivity contribution in [2.45, 2.75) is 12.6 Å². The number of carbonyl (C=O) groups is 1. The van der Waals surface area contributed by atoms with E-state index in [9.17, 15) is 18.0 Å². The molecule has 1 atom stereocenters. The first-order valence-corrected chi connectivity index (χ1v) is 6.87. The number of nitrogens with one attached hydrogen (secondary N) is 1. The zero-order chi connectivity index (χ0) is 16.6. The third kappa shape index (κ3) is 2.79. The number of rotatable bonds is 3. The predicted molar refractivity (Wildman–Crippen MR) is 78.8 cm³/mol. The number of hydrogen-bond donors (Lipinski definition) is 2. The van der Waals surface area contributed by atoms with E-state index in [0.717, 1.165) is 6.07 Å². The van der Waals surface area contributed by atoms with Gasteiger partial charge in [-0.25, -0.2) is 18.0 Å². The molecule has 23 heavy (non-hydrogen) atoms. The molecule has 0 fully saturated rings. The molecule has 0 bridgehead atoms. The van der Waals surface area contributed by atoms with E-state index in [4.69, 9.17) is 5.11 Å². The standard InChI is InChI=1S/C17H12F3NO2/c18-13-3-1-2-12(16(13)20)15(19)9-4-5-14-10(6-9)7-11(8-21-14)17(22)23/h1-6,8,15,21H,7H2,(H,22,23). The highest BCUT2D eigenvalue weighted by atomic mass is 19.2. The predicted octanol–water partition coefficient (Wildman–Crippen LogP) is 3.96. The van der Waals surface area contributed by atoms with Crippen molar-refractivity contribution in [2.24, 2.45) is 0 Å². The summed E-state index contributed by atoms with van der Waals surface area (Å²) in [5.41, 5.74) is 1.14. The van der Waals surface area contributed by atoms with Crippen molar-refractivity contribution in [3.63, 3.8) is 0 Å². The molecule has 0 saturated heterocycles. The number of aliphatic carboxylic acids is 1. The average Bonchev–Trinajstić information content (AvgIpc) is 2.55. The van der Waals surface area contributed by atoms with Crippen LogP contribution >= 0.6 is 0 Å². The molecule has 2 aromatic carbocycles. The quantitative estimate of drug-likeness (QED) is 0.900. The number of fused-ring (bicyclic) bond motifs is 1. The molecular weight excluding hydrogens is 307 g/mol. The first-order valence-electron chi connectivity index (χ1n) is 6.87. The maximum absolute atomic E-state index is 14.6. The van der Waals surface area contributed by atoms with Gasteiger partial charge < -0.3 is 10.4 Å². The molecule has 118 valence electrons. The summed E-state index contributed by atoms with van der Waals surface area (Å²) >= 11 is 0. The Kier molecular flexibility index (Phi) is 3.82. The number of benzene rings is 2. The Hall–Kier alpha value is -2.76. The first kappa shape index (κ1) is 15.1. The lowest BCUT2D eigenvalue weighted by atomic mass is 9.95. The third-order valence-electron chi connectivity index (χ3n) is 3.73. The van der Waals surface area contributed by atoms with Crippen molar-refractivity contribution in [2.75, 3.05) is 5.32 Å².